The van der Waals surface area contributed by atoms with Crippen molar-refractivity contribution in [2.75, 3.05) is 13.2 Å². The largest absolute Gasteiger partial charge is 0.486 e. The summed E-state index contributed by atoms with van der Waals surface area (Å²) in [4.78, 5) is 12.5. The van der Waals surface area contributed by atoms with Gasteiger partial charge in [0.2, 0.25) is 5.91 Å². The normalized spacial score (nSPS) is 28.7. The minimum Gasteiger partial charge on any atom is -0.486 e. The molecular weight excluding hydrogens is 370 g/mol. The van der Waals surface area contributed by atoms with Crippen LogP contribution in [0.5, 0.6) is 11.5 Å². The summed E-state index contributed by atoms with van der Waals surface area (Å²) in [6, 6.07) is 4.08. The molecule has 1 N–H and O–H groups in total. The summed E-state index contributed by atoms with van der Waals surface area (Å²) in [5, 5.41) is 3.23. The molecule has 1 aromatic carbocycles. The highest BCUT2D eigenvalue weighted by Gasteiger charge is 2.42. The Morgan fingerprint density at radius 2 is 2.00 bits per heavy atom. The van der Waals surface area contributed by atoms with Crippen LogP contribution in [0, 0.1) is 17.8 Å². The quantitative estimate of drug-likeness (QED) is 0.847. The van der Waals surface area contributed by atoms with Crippen LogP contribution in [-0.4, -0.2) is 25.2 Å². The molecule has 1 aliphatic heterocycles. The minimum atomic E-state index is 0.0858. The highest BCUT2D eigenvalue weighted by Crippen LogP contribution is 2.49. The van der Waals surface area contributed by atoms with Gasteiger partial charge in [0.05, 0.1) is 6.42 Å². The summed E-state index contributed by atoms with van der Waals surface area (Å²) in [5.74, 6) is 3.96. The van der Waals surface area contributed by atoms with Crippen LogP contribution in [0.15, 0.2) is 16.6 Å². The molecule has 0 spiro atoms. The number of halogens is 1. The van der Waals surface area contributed by atoms with Crippen LogP contribution in [-0.2, 0) is 11.2 Å². The molecule has 4 atom stereocenters. The Morgan fingerprint density at radius 3 is 2.67 bits per heavy atom. The topological polar surface area (TPSA) is 47.6 Å². The summed E-state index contributed by atoms with van der Waals surface area (Å²) in [5.41, 5.74) is 0.942. The zero-order chi connectivity index (χ0) is 16.7. The van der Waals surface area contributed by atoms with Crippen molar-refractivity contribution in [1.29, 1.82) is 0 Å². The second-order valence-electron chi connectivity index (χ2n) is 7.46. The number of fused-ring (bicyclic) bond motifs is 3. The van der Waals surface area contributed by atoms with Gasteiger partial charge in [-0.3, -0.25) is 4.79 Å². The van der Waals surface area contributed by atoms with Crippen LogP contribution in [0.3, 0.4) is 0 Å². The molecule has 4 rings (SSSR count). The van der Waals surface area contributed by atoms with E-state index in [1.165, 1.54) is 25.7 Å². The maximum Gasteiger partial charge on any atom is 0.224 e. The summed E-state index contributed by atoms with van der Waals surface area (Å²) in [7, 11) is 0. The lowest BCUT2D eigenvalue weighted by Gasteiger charge is -2.28. The number of rotatable bonds is 4. The highest BCUT2D eigenvalue weighted by molar-refractivity contribution is 9.10. The molecule has 0 aromatic heterocycles. The molecular formula is C19H24BrNO3. The fourth-order valence-corrected chi connectivity index (χ4v) is 5.20. The Labute approximate surface area is 151 Å². The Hall–Kier alpha value is -1.23. The minimum absolute atomic E-state index is 0.0858. The van der Waals surface area contributed by atoms with E-state index >= 15 is 0 Å². The van der Waals surface area contributed by atoms with Gasteiger partial charge >= 0.3 is 0 Å². The lowest BCUT2D eigenvalue weighted by Crippen LogP contribution is -2.40. The summed E-state index contributed by atoms with van der Waals surface area (Å²) in [6.07, 6.45) is 5.77. The third kappa shape index (κ3) is 3.15. The van der Waals surface area contributed by atoms with Gasteiger partial charge in [-0.15, -0.1) is 0 Å². The van der Waals surface area contributed by atoms with Gasteiger partial charge in [0.1, 0.15) is 13.2 Å². The Balaban J connectivity index is 1.39. The molecule has 3 aliphatic rings. The predicted octanol–water partition coefficient (Wildman–Crippen LogP) is 3.70. The van der Waals surface area contributed by atoms with Gasteiger partial charge in [-0.1, -0.05) is 22.4 Å². The van der Waals surface area contributed by atoms with Gasteiger partial charge in [-0.25, -0.2) is 0 Å². The van der Waals surface area contributed by atoms with E-state index in [-0.39, 0.29) is 11.9 Å². The predicted molar refractivity (Wildman–Crippen MR) is 95.4 cm³/mol. The number of nitrogens with one attached hydrogen (secondary N) is 1. The first-order valence-electron chi connectivity index (χ1n) is 8.97. The van der Waals surface area contributed by atoms with Crippen molar-refractivity contribution < 1.29 is 14.3 Å². The lowest BCUT2D eigenvalue weighted by molar-refractivity contribution is -0.121. The van der Waals surface area contributed by atoms with E-state index in [2.05, 4.69) is 28.2 Å². The zero-order valence-electron chi connectivity index (χ0n) is 14.0. The fourth-order valence-electron chi connectivity index (χ4n) is 4.73. The van der Waals surface area contributed by atoms with Crippen molar-refractivity contribution in [2.24, 2.45) is 17.8 Å². The Morgan fingerprint density at radius 1 is 1.25 bits per heavy atom. The molecule has 2 bridgehead atoms. The van der Waals surface area contributed by atoms with Crippen molar-refractivity contribution in [2.45, 2.75) is 45.1 Å². The molecule has 2 saturated carbocycles. The number of amides is 1. The molecule has 2 aliphatic carbocycles. The molecule has 0 saturated heterocycles. The number of benzene rings is 1. The first kappa shape index (κ1) is 16.2. The van der Waals surface area contributed by atoms with E-state index in [1.807, 2.05) is 12.1 Å². The molecule has 4 unspecified atom stereocenters. The van der Waals surface area contributed by atoms with Crippen molar-refractivity contribution in [3.05, 3.63) is 22.2 Å². The van der Waals surface area contributed by atoms with Crippen molar-refractivity contribution in [3.63, 3.8) is 0 Å². The summed E-state index contributed by atoms with van der Waals surface area (Å²) < 4.78 is 12.1. The van der Waals surface area contributed by atoms with Crippen molar-refractivity contribution in [3.8, 4) is 11.5 Å². The number of carbonyl (C=O) groups excluding carboxylic acids is 1. The second-order valence-corrected chi connectivity index (χ2v) is 8.31. The molecule has 130 valence electrons. The van der Waals surface area contributed by atoms with E-state index in [0.29, 0.717) is 25.6 Å². The number of hydrogen-bond acceptors (Lipinski definition) is 3. The number of carbonyl (C=O) groups is 1. The second kappa shape index (κ2) is 6.58. The third-order valence-corrected chi connectivity index (χ3v) is 6.62. The molecule has 1 aromatic rings. The number of hydrogen-bond donors (Lipinski definition) is 1. The van der Waals surface area contributed by atoms with E-state index in [9.17, 15) is 4.79 Å². The first-order chi connectivity index (χ1) is 11.6. The van der Waals surface area contributed by atoms with Crippen LogP contribution in [0.2, 0.25) is 0 Å². The van der Waals surface area contributed by atoms with Gasteiger partial charge in [0.25, 0.3) is 0 Å². The fraction of sp³-hybridized carbons (Fsp3) is 0.632. The van der Waals surface area contributed by atoms with Gasteiger partial charge in [-0.2, -0.15) is 0 Å². The lowest BCUT2D eigenvalue weighted by atomic mass is 9.84. The average Bonchev–Trinajstić information content (AvgIpc) is 3.18. The molecule has 2 fully saturated rings. The van der Waals surface area contributed by atoms with Crippen LogP contribution in [0.4, 0.5) is 0 Å². The van der Waals surface area contributed by atoms with E-state index in [0.717, 1.165) is 33.4 Å². The van der Waals surface area contributed by atoms with E-state index < -0.39 is 0 Å². The Kier molecular flexibility index (Phi) is 4.46. The maximum absolute atomic E-state index is 12.5. The van der Waals surface area contributed by atoms with E-state index in [1.54, 1.807) is 0 Å². The zero-order valence-corrected chi connectivity index (χ0v) is 15.6. The molecule has 5 heteroatoms. The van der Waals surface area contributed by atoms with Crippen LogP contribution in [0.1, 0.15) is 38.2 Å². The van der Waals surface area contributed by atoms with Crippen molar-refractivity contribution >= 4 is 21.8 Å². The van der Waals surface area contributed by atoms with Gasteiger partial charge < -0.3 is 14.8 Å². The molecule has 4 nitrogen and oxygen atoms in total. The molecule has 24 heavy (non-hydrogen) atoms. The van der Waals surface area contributed by atoms with Crippen molar-refractivity contribution in [1.82, 2.24) is 5.32 Å². The highest BCUT2D eigenvalue weighted by atomic mass is 79.9. The Bertz CT molecular complexity index is 648. The molecule has 1 heterocycles. The standard InChI is InChI=1S/C19H24BrNO3/c1-11(15-7-12-2-3-13(15)6-12)21-19(22)9-14-8-17-18(10-16(14)20)24-5-4-23-17/h8,10-13,15H,2-7,9H2,1H3,(H,21,22). The van der Waals surface area contributed by atoms with E-state index in [4.69, 9.17) is 9.47 Å². The van der Waals surface area contributed by atoms with Crippen LogP contribution >= 0.6 is 15.9 Å². The maximum atomic E-state index is 12.5. The molecule has 0 radical (unpaired) electrons. The van der Waals surface area contributed by atoms with Gasteiger partial charge in [-0.05, 0) is 61.6 Å². The van der Waals surface area contributed by atoms with Gasteiger partial charge in [0, 0.05) is 10.5 Å². The monoisotopic (exact) mass is 393 g/mol. The summed E-state index contributed by atoms with van der Waals surface area (Å²) >= 11 is 3.55. The number of ether oxygens (including phenoxy) is 2. The van der Waals surface area contributed by atoms with Gasteiger partial charge in [0.15, 0.2) is 11.5 Å². The average molecular weight is 394 g/mol. The summed E-state index contributed by atoms with van der Waals surface area (Å²) in [6.45, 7) is 3.30. The SMILES string of the molecule is CC(NC(=O)Cc1cc2c(cc1Br)OCCO2)C1CC2CCC1C2. The third-order valence-electron chi connectivity index (χ3n) is 5.89. The van der Waals surface area contributed by atoms with Crippen LogP contribution in [0.25, 0.3) is 0 Å². The van der Waals surface area contributed by atoms with Crippen LogP contribution < -0.4 is 14.8 Å². The smallest absolute Gasteiger partial charge is 0.224 e. The first-order valence-corrected chi connectivity index (χ1v) is 9.77. The molecule has 1 amide bonds.